The summed E-state index contributed by atoms with van der Waals surface area (Å²) in [7, 11) is 0. The van der Waals surface area contributed by atoms with Gasteiger partial charge in [0.05, 0.1) is 18.5 Å². The van der Waals surface area contributed by atoms with Crippen molar-refractivity contribution >= 4 is 5.91 Å². The van der Waals surface area contributed by atoms with Crippen LogP contribution in [0.1, 0.15) is 63.2 Å². The molecule has 1 aliphatic carbocycles. The van der Waals surface area contributed by atoms with Crippen molar-refractivity contribution in [3.05, 3.63) is 36.0 Å². The Bertz CT molecular complexity index is 945. The molecule has 1 amide bonds. The predicted molar refractivity (Wildman–Crippen MR) is 112 cm³/mol. The zero-order valence-electron chi connectivity index (χ0n) is 17.6. The first-order valence-electron chi connectivity index (χ1n) is 11.1. The fraction of sp³-hybridized carbons (Fsp3) is 0.565. The third-order valence-electron chi connectivity index (χ3n) is 6.30. The second kappa shape index (κ2) is 9.56. The summed E-state index contributed by atoms with van der Waals surface area (Å²) in [4.78, 5) is 19.3. The fourth-order valence-electron chi connectivity index (χ4n) is 4.65. The van der Waals surface area contributed by atoms with Gasteiger partial charge >= 0.3 is 0 Å². The van der Waals surface area contributed by atoms with Gasteiger partial charge in [-0.1, -0.05) is 43.0 Å². The van der Waals surface area contributed by atoms with Gasteiger partial charge in [-0.25, -0.2) is 4.39 Å². The Morgan fingerprint density at radius 2 is 2.10 bits per heavy atom. The van der Waals surface area contributed by atoms with Crippen molar-refractivity contribution < 1.29 is 13.7 Å². The number of piperidine rings is 1. The van der Waals surface area contributed by atoms with Gasteiger partial charge in [0.25, 0.3) is 0 Å². The molecule has 1 aromatic heterocycles. The lowest BCUT2D eigenvalue weighted by atomic mass is 9.91. The van der Waals surface area contributed by atoms with Crippen molar-refractivity contribution in [3.8, 4) is 17.5 Å². The number of carbonyl (C=O) groups excluding carboxylic acids is 1. The number of benzene rings is 1. The average Bonchev–Trinajstić information content (AvgIpc) is 3.15. The van der Waals surface area contributed by atoms with Crippen LogP contribution in [0.5, 0.6) is 0 Å². The number of nitrogens with one attached hydrogen (secondary N) is 1. The molecule has 7 nitrogen and oxygen atoms in total. The summed E-state index contributed by atoms with van der Waals surface area (Å²) in [5, 5.41) is 16.7. The summed E-state index contributed by atoms with van der Waals surface area (Å²) in [6.45, 7) is 1.71. The van der Waals surface area contributed by atoms with E-state index >= 15 is 0 Å². The number of aromatic nitrogens is 2. The molecule has 0 spiro atoms. The molecule has 1 aliphatic heterocycles. The molecule has 2 aromatic rings. The summed E-state index contributed by atoms with van der Waals surface area (Å²) in [5.74, 6) is 0.465. The van der Waals surface area contributed by atoms with Gasteiger partial charge in [0.1, 0.15) is 11.4 Å². The first-order chi connectivity index (χ1) is 15.1. The highest BCUT2D eigenvalue weighted by atomic mass is 19.1. The van der Waals surface area contributed by atoms with E-state index in [1.807, 2.05) is 0 Å². The number of halogens is 1. The molecular formula is C23H28FN5O2. The molecule has 31 heavy (non-hydrogen) atoms. The summed E-state index contributed by atoms with van der Waals surface area (Å²) in [6, 6.07) is 8.49. The van der Waals surface area contributed by atoms with Crippen LogP contribution >= 0.6 is 0 Å². The number of rotatable bonds is 5. The van der Waals surface area contributed by atoms with E-state index in [2.05, 4.69) is 26.4 Å². The zero-order valence-corrected chi connectivity index (χ0v) is 17.6. The maximum Gasteiger partial charge on any atom is 0.235 e. The highest BCUT2D eigenvalue weighted by Crippen LogP contribution is 2.29. The van der Waals surface area contributed by atoms with Gasteiger partial charge in [-0.2, -0.15) is 10.2 Å². The van der Waals surface area contributed by atoms with E-state index in [-0.39, 0.29) is 24.2 Å². The molecule has 8 heteroatoms. The normalized spacial score (nSPS) is 21.7. The Kier molecular flexibility index (Phi) is 6.62. The number of nitriles is 1. The molecule has 1 saturated carbocycles. The number of nitrogens with zero attached hydrogens (tertiary/aromatic N) is 4. The molecule has 1 aromatic carbocycles. The van der Waals surface area contributed by atoms with Gasteiger partial charge in [-0.15, -0.1) is 0 Å². The molecule has 2 aliphatic rings. The van der Waals surface area contributed by atoms with Gasteiger partial charge in [0, 0.05) is 12.1 Å². The first kappa shape index (κ1) is 21.4. The SMILES string of the molecule is N#CC1(NC(=O)CN2CCCC(c3nc(-c4cccc(F)c4)no3)C2)CCCCCC1. The Balaban J connectivity index is 1.36. The van der Waals surface area contributed by atoms with Crippen LogP contribution in [0.15, 0.2) is 28.8 Å². The average molecular weight is 426 g/mol. The highest BCUT2D eigenvalue weighted by Gasteiger charge is 2.34. The van der Waals surface area contributed by atoms with Crippen LogP contribution in [-0.4, -0.2) is 46.1 Å². The smallest absolute Gasteiger partial charge is 0.235 e. The minimum atomic E-state index is -0.727. The molecule has 4 rings (SSSR count). The van der Waals surface area contributed by atoms with Crippen LogP contribution < -0.4 is 5.32 Å². The van der Waals surface area contributed by atoms with Crippen molar-refractivity contribution in [1.29, 1.82) is 5.26 Å². The molecular weight excluding hydrogens is 397 g/mol. The fourth-order valence-corrected chi connectivity index (χ4v) is 4.65. The van der Waals surface area contributed by atoms with E-state index in [4.69, 9.17) is 4.52 Å². The molecule has 1 atom stereocenters. The Morgan fingerprint density at radius 1 is 1.29 bits per heavy atom. The molecule has 0 bridgehead atoms. The van der Waals surface area contributed by atoms with Crippen LogP contribution in [0.25, 0.3) is 11.4 Å². The minimum absolute atomic E-state index is 0.0270. The van der Waals surface area contributed by atoms with Gasteiger partial charge < -0.3 is 9.84 Å². The van der Waals surface area contributed by atoms with E-state index < -0.39 is 5.54 Å². The third-order valence-corrected chi connectivity index (χ3v) is 6.30. The monoisotopic (exact) mass is 425 g/mol. The minimum Gasteiger partial charge on any atom is -0.339 e. The van der Waals surface area contributed by atoms with Crippen LogP contribution in [0.2, 0.25) is 0 Å². The molecule has 1 unspecified atom stereocenters. The number of likely N-dealkylation sites (tertiary alicyclic amines) is 1. The number of amides is 1. The van der Waals surface area contributed by atoms with Crippen molar-refractivity contribution in [2.24, 2.45) is 0 Å². The van der Waals surface area contributed by atoms with Crippen LogP contribution in [0, 0.1) is 17.1 Å². The van der Waals surface area contributed by atoms with Gasteiger partial charge in [0.2, 0.25) is 17.6 Å². The molecule has 2 heterocycles. The van der Waals surface area contributed by atoms with Crippen molar-refractivity contribution in [2.45, 2.75) is 62.8 Å². The third kappa shape index (κ3) is 5.28. The number of hydrogen-bond acceptors (Lipinski definition) is 6. The predicted octanol–water partition coefficient (Wildman–Crippen LogP) is 3.79. The molecule has 2 fully saturated rings. The summed E-state index contributed by atoms with van der Waals surface area (Å²) in [5.41, 5.74) is -0.151. The number of carbonyl (C=O) groups is 1. The molecule has 0 radical (unpaired) electrons. The lowest BCUT2D eigenvalue weighted by molar-refractivity contribution is -0.124. The van der Waals surface area contributed by atoms with E-state index in [0.717, 1.165) is 57.9 Å². The van der Waals surface area contributed by atoms with E-state index in [0.29, 0.717) is 23.8 Å². The van der Waals surface area contributed by atoms with E-state index in [1.165, 1.54) is 12.1 Å². The topological polar surface area (TPSA) is 95.1 Å². The zero-order chi connectivity index (χ0) is 21.7. The second-order valence-corrected chi connectivity index (χ2v) is 8.70. The van der Waals surface area contributed by atoms with Crippen molar-refractivity contribution in [2.75, 3.05) is 19.6 Å². The Morgan fingerprint density at radius 3 is 2.84 bits per heavy atom. The molecule has 164 valence electrons. The van der Waals surface area contributed by atoms with Crippen LogP contribution in [0.4, 0.5) is 4.39 Å². The lowest BCUT2D eigenvalue weighted by Gasteiger charge is -2.32. The molecule has 1 N–H and O–H groups in total. The van der Waals surface area contributed by atoms with E-state index in [9.17, 15) is 14.4 Å². The molecule has 1 saturated heterocycles. The first-order valence-corrected chi connectivity index (χ1v) is 11.1. The summed E-state index contributed by atoms with van der Waals surface area (Å²) < 4.78 is 18.9. The standard InChI is InChI=1S/C23H28FN5O2/c24-19-9-5-7-17(13-19)21-26-22(31-28-21)18-8-6-12-29(14-18)15-20(30)27-23(16-25)10-3-1-2-4-11-23/h5,7,9,13,18H,1-4,6,8,10-12,14-15H2,(H,27,30). The maximum atomic E-state index is 13.5. The largest absolute Gasteiger partial charge is 0.339 e. The quantitative estimate of drug-likeness (QED) is 0.733. The van der Waals surface area contributed by atoms with Gasteiger partial charge in [-0.05, 0) is 44.4 Å². The Hall–Kier alpha value is -2.79. The summed E-state index contributed by atoms with van der Waals surface area (Å²) >= 11 is 0. The van der Waals surface area contributed by atoms with Gasteiger partial charge in [-0.3, -0.25) is 9.69 Å². The summed E-state index contributed by atoms with van der Waals surface area (Å²) in [6.07, 6.45) is 7.45. The van der Waals surface area contributed by atoms with Crippen LogP contribution in [-0.2, 0) is 4.79 Å². The second-order valence-electron chi connectivity index (χ2n) is 8.70. The Labute approximate surface area is 181 Å². The van der Waals surface area contributed by atoms with Gasteiger partial charge in [0.15, 0.2) is 0 Å². The lowest BCUT2D eigenvalue weighted by Crippen LogP contribution is -2.51. The highest BCUT2D eigenvalue weighted by molar-refractivity contribution is 5.79. The maximum absolute atomic E-state index is 13.5. The van der Waals surface area contributed by atoms with Crippen LogP contribution in [0.3, 0.4) is 0 Å². The van der Waals surface area contributed by atoms with Crippen molar-refractivity contribution in [1.82, 2.24) is 20.4 Å². The van der Waals surface area contributed by atoms with E-state index in [1.54, 1.807) is 12.1 Å². The number of hydrogen-bond donors (Lipinski definition) is 1. The van der Waals surface area contributed by atoms with Crippen molar-refractivity contribution in [3.63, 3.8) is 0 Å².